The SMILES string of the molecule is Cc1c(NC(=O)c2ccc(-c3cccnc3)s2)cnn1C(C)(C)C. The fourth-order valence-corrected chi connectivity index (χ4v) is 3.41. The molecule has 3 aromatic rings. The number of hydrogen-bond acceptors (Lipinski definition) is 4. The minimum Gasteiger partial charge on any atom is -0.318 e. The molecule has 3 rings (SSSR count). The van der Waals surface area contributed by atoms with Gasteiger partial charge in [-0.1, -0.05) is 6.07 Å². The highest BCUT2D eigenvalue weighted by Gasteiger charge is 2.20. The summed E-state index contributed by atoms with van der Waals surface area (Å²) in [5.41, 5.74) is 2.58. The van der Waals surface area contributed by atoms with Crippen LogP contribution in [0.3, 0.4) is 0 Å². The number of carbonyl (C=O) groups is 1. The maximum atomic E-state index is 12.5. The van der Waals surface area contributed by atoms with Crippen LogP contribution in [0, 0.1) is 6.92 Å². The molecule has 1 N–H and O–H groups in total. The minimum absolute atomic E-state index is 0.119. The van der Waals surface area contributed by atoms with Crippen molar-refractivity contribution in [2.24, 2.45) is 0 Å². The van der Waals surface area contributed by atoms with E-state index in [9.17, 15) is 4.79 Å². The molecule has 0 aliphatic heterocycles. The fraction of sp³-hybridized carbons (Fsp3) is 0.278. The van der Waals surface area contributed by atoms with Crippen LogP contribution in [-0.2, 0) is 5.54 Å². The van der Waals surface area contributed by atoms with Crippen LogP contribution in [0.4, 0.5) is 5.69 Å². The number of amides is 1. The number of hydrogen-bond donors (Lipinski definition) is 1. The Morgan fingerprint density at radius 1 is 1.21 bits per heavy atom. The standard InChI is InChI=1S/C18H20N4OS/c1-12-14(11-20-22(12)18(2,3)4)21-17(23)16-8-7-15(24-16)13-6-5-9-19-10-13/h5-11H,1-4H3,(H,21,23). The van der Waals surface area contributed by atoms with Gasteiger partial charge in [0.1, 0.15) is 0 Å². The third-order valence-electron chi connectivity index (χ3n) is 3.67. The van der Waals surface area contributed by atoms with Gasteiger partial charge in [0, 0.05) is 22.8 Å². The van der Waals surface area contributed by atoms with E-state index in [1.807, 2.05) is 35.9 Å². The number of anilines is 1. The summed E-state index contributed by atoms with van der Waals surface area (Å²) in [6, 6.07) is 7.66. The number of thiophene rings is 1. The van der Waals surface area contributed by atoms with Crippen molar-refractivity contribution in [3.63, 3.8) is 0 Å². The molecule has 5 nitrogen and oxygen atoms in total. The summed E-state index contributed by atoms with van der Waals surface area (Å²) in [6.45, 7) is 8.21. The number of nitrogens with one attached hydrogen (secondary N) is 1. The smallest absolute Gasteiger partial charge is 0.265 e. The molecule has 0 spiro atoms. The van der Waals surface area contributed by atoms with E-state index in [1.54, 1.807) is 18.6 Å². The van der Waals surface area contributed by atoms with Gasteiger partial charge in [0.2, 0.25) is 0 Å². The summed E-state index contributed by atoms with van der Waals surface area (Å²) >= 11 is 1.45. The van der Waals surface area contributed by atoms with Crippen molar-refractivity contribution in [3.8, 4) is 10.4 Å². The summed E-state index contributed by atoms with van der Waals surface area (Å²) in [5, 5.41) is 7.34. The Hall–Kier alpha value is -2.47. The van der Waals surface area contributed by atoms with Crippen molar-refractivity contribution >= 4 is 22.9 Å². The van der Waals surface area contributed by atoms with Crippen LogP contribution >= 0.6 is 11.3 Å². The van der Waals surface area contributed by atoms with Gasteiger partial charge < -0.3 is 5.32 Å². The van der Waals surface area contributed by atoms with Crippen LogP contribution < -0.4 is 5.32 Å². The zero-order valence-corrected chi connectivity index (χ0v) is 15.0. The molecular formula is C18H20N4OS. The lowest BCUT2D eigenvalue weighted by atomic mass is 10.1. The van der Waals surface area contributed by atoms with Crippen molar-refractivity contribution in [2.75, 3.05) is 5.32 Å². The lowest BCUT2D eigenvalue weighted by Gasteiger charge is -2.21. The van der Waals surface area contributed by atoms with Gasteiger partial charge >= 0.3 is 0 Å². The molecule has 3 heterocycles. The zero-order valence-electron chi connectivity index (χ0n) is 14.2. The molecule has 124 valence electrons. The number of nitrogens with zero attached hydrogens (tertiary/aromatic N) is 3. The van der Waals surface area contributed by atoms with Crippen molar-refractivity contribution in [3.05, 3.63) is 53.4 Å². The van der Waals surface area contributed by atoms with Gasteiger partial charge in [0.15, 0.2) is 0 Å². The lowest BCUT2D eigenvalue weighted by molar-refractivity contribution is 0.103. The molecule has 3 aromatic heterocycles. The molecule has 0 aliphatic carbocycles. The quantitative estimate of drug-likeness (QED) is 0.772. The molecule has 0 radical (unpaired) electrons. The monoisotopic (exact) mass is 340 g/mol. The van der Waals surface area contributed by atoms with Crippen LogP contribution in [0.15, 0.2) is 42.9 Å². The number of rotatable bonds is 3. The topological polar surface area (TPSA) is 59.8 Å². The van der Waals surface area contributed by atoms with Crippen molar-refractivity contribution in [1.82, 2.24) is 14.8 Å². The molecule has 0 aromatic carbocycles. The molecule has 0 unspecified atom stereocenters. The average Bonchev–Trinajstić information content (AvgIpc) is 3.15. The number of aromatic nitrogens is 3. The van der Waals surface area contributed by atoms with Gasteiger partial charge in [-0.25, -0.2) is 0 Å². The molecule has 1 amide bonds. The largest absolute Gasteiger partial charge is 0.318 e. The zero-order chi connectivity index (χ0) is 17.3. The maximum Gasteiger partial charge on any atom is 0.265 e. The molecule has 0 saturated heterocycles. The predicted molar refractivity (Wildman–Crippen MR) is 97.5 cm³/mol. The first-order chi connectivity index (χ1) is 11.4. The van der Waals surface area contributed by atoms with E-state index in [2.05, 4.69) is 36.2 Å². The lowest BCUT2D eigenvalue weighted by Crippen LogP contribution is -2.24. The first kappa shape index (κ1) is 16.4. The van der Waals surface area contributed by atoms with Crippen LogP contribution in [0.25, 0.3) is 10.4 Å². The Morgan fingerprint density at radius 2 is 2.00 bits per heavy atom. The molecule has 24 heavy (non-hydrogen) atoms. The summed E-state index contributed by atoms with van der Waals surface area (Å²) in [7, 11) is 0. The Kier molecular flexibility index (Phi) is 4.24. The van der Waals surface area contributed by atoms with E-state index in [0.717, 1.165) is 21.8 Å². The van der Waals surface area contributed by atoms with Crippen molar-refractivity contribution in [2.45, 2.75) is 33.2 Å². The van der Waals surface area contributed by atoms with E-state index < -0.39 is 0 Å². The van der Waals surface area contributed by atoms with Crippen LogP contribution in [0.2, 0.25) is 0 Å². The molecule has 0 aliphatic rings. The highest BCUT2D eigenvalue weighted by atomic mass is 32.1. The number of pyridine rings is 1. The summed E-state index contributed by atoms with van der Waals surface area (Å²) in [4.78, 5) is 18.3. The third kappa shape index (κ3) is 3.23. The second kappa shape index (κ2) is 6.20. The molecular weight excluding hydrogens is 320 g/mol. The summed E-state index contributed by atoms with van der Waals surface area (Å²) < 4.78 is 1.91. The van der Waals surface area contributed by atoms with Gasteiger partial charge in [-0.3, -0.25) is 14.5 Å². The highest BCUT2D eigenvalue weighted by Crippen LogP contribution is 2.28. The fourth-order valence-electron chi connectivity index (χ4n) is 2.52. The Labute approximate surface area is 145 Å². The molecule has 0 bridgehead atoms. The van der Waals surface area contributed by atoms with E-state index in [0.29, 0.717) is 4.88 Å². The van der Waals surface area contributed by atoms with Crippen molar-refractivity contribution in [1.29, 1.82) is 0 Å². The van der Waals surface area contributed by atoms with Gasteiger partial charge in [-0.05, 0) is 45.9 Å². The molecule has 0 atom stereocenters. The van der Waals surface area contributed by atoms with Gasteiger partial charge in [-0.2, -0.15) is 5.10 Å². The first-order valence-corrected chi connectivity index (χ1v) is 8.54. The van der Waals surface area contributed by atoms with Crippen molar-refractivity contribution < 1.29 is 4.79 Å². The molecule has 6 heteroatoms. The molecule has 0 fully saturated rings. The average molecular weight is 340 g/mol. The predicted octanol–water partition coefficient (Wildman–Crippen LogP) is 4.32. The van der Waals surface area contributed by atoms with E-state index in [-0.39, 0.29) is 11.4 Å². The highest BCUT2D eigenvalue weighted by molar-refractivity contribution is 7.17. The van der Waals surface area contributed by atoms with E-state index >= 15 is 0 Å². The van der Waals surface area contributed by atoms with E-state index in [4.69, 9.17) is 0 Å². The van der Waals surface area contributed by atoms with Gasteiger partial charge in [-0.15, -0.1) is 11.3 Å². The maximum absolute atomic E-state index is 12.5. The Morgan fingerprint density at radius 3 is 2.62 bits per heavy atom. The van der Waals surface area contributed by atoms with Crippen LogP contribution in [-0.4, -0.2) is 20.7 Å². The first-order valence-electron chi connectivity index (χ1n) is 7.73. The van der Waals surface area contributed by atoms with Crippen LogP contribution in [0.1, 0.15) is 36.1 Å². The molecule has 0 saturated carbocycles. The third-order valence-corrected chi connectivity index (χ3v) is 4.80. The Bertz CT molecular complexity index is 859. The number of carbonyl (C=O) groups excluding carboxylic acids is 1. The normalized spacial score (nSPS) is 11.5. The summed E-state index contributed by atoms with van der Waals surface area (Å²) in [5.74, 6) is -0.119. The van der Waals surface area contributed by atoms with Crippen LogP contribution in [0.5, 0.6) is 0 Å². The van der Waals surface area contributed by atoms with Gasteiger partial charge in [0.05, 0.1) is 28.0 Å². The second-order valence-electron chi connectivity index (χ2n) is 6.59. The Balaban J connectivity index is 1.79. The second-order valence-corrected chi connectivity index (χ2v) is 7.67. The van der Waals surface area contributed by atoms with E-state index in [1.165, 1.54) is 11.3 Å². The minimum atomic E-state index is -0.122. The summed E-state index contributed by atoms with van der Waals surface area (Å²) in [6.07, 6.45) is 5.24. The van der Waals surface area contributed by atoms with Gasteiger partial charge in [0.25, 0.3) is 5.91 Å².